The molecule has 2 heterocycles. The van der Waals surface area contributed by atoms with Crippen molar-refractivity contribution in [1.29, 1.82) is 0 Å². The zero-order valence-electron chi connectivity index (χ0n) is 7.98. The van der Waals surface area contributed by atoms with Gasteiger partial charge in [0.1, 0.15) is 0 Å². The number of aromatic nitrogens is 2. The average Bonchev–Trinajstić information content (AvgIpc) is 2.61. The number of imidazole rings is 1. The predicted molar refractivity (Wildman–Crippen MR) is 55.6 cm³/mol. The average molecular weight is 184 g/mol. The molecule has 0 radical (unpaired) electrons. The van der Waals surface area contributed by atoms with Gasteiger partial charge in [0.2, 0.25) is 0 Å². The van der Waals surface area contributed by atoms with Gasteiger partial charge in [-0.1, -0.05) is 18.2 Å². The molecule has 2 nitrogen and oxygen atoms in total. The summed E-state index contributed by atoms with van der Waals surface area (Å²) in [7, 11) is 0. The van der Waals surface area contributed by atoms with Gasteiger partial charge in [0.15, 0.2) is 0 Å². The van der Waals surface area contributed by atoms with Gasteiger partial charge in [-0.3, -0.25) is 0 Å². The first-order chi connectivity index (χ1) is 6.95. The Morgan fingerprint density at radius 1 is 1.14 bits per heavy atom. The lowest BCUT2D eigenvalue weighted by Crippen LogP contribution is -1.97. The Kier molecular flexibility index (Phi) is 1.66. The van der Waals surface area contributed by atoms with Gasteiger partial charge in [0.05, 0.1) is 6.33 Å². The van der Waals surface area contributed by atoms with Crippen molar-refractivity contribution in [3.8, 4) is 5.69 Å². The summed E-state index contributed by atoms with van der Waals surface area (Å²) in [6.45, 7) is 0. The summed E-state index contributed by atoms with van der Waals surface area (Å²) in [4.78, 5) is 4.21. The minimum atomic E-state index is 1.13. The topological polar surface area (TPSA) is 17.8 Å². The highest BCUT2D eigenvalue weighted by Crippen LogP contribution is 2.22. The molecule has 0 unspecified atom stereocenters. The standard InChI is InChI=1S/C12H12N2/c1-2-7-12-10(4-1)5-3-6-11-8-13-9-14(11)12/h1-2,4,7-9H,3,5-6H2. The van der Waals surface area contributed by atoms with Crippen LogP contribution < -0.4 is 0 Å². The molecule has 0 spiro atoms. The summed E-state index contributed by atoms with van der Waals surface area (Å²) in [6.07, 6.45) is 7.43. The summed E-state index contributed by atoms with van der Waals surface area (Å²) in [5, 5.41) is 0. The predicted octanol–water partition coefficient (Wildman–Crippen LogP) is 2.36. The van der Waals surface area contributed by atoms with Crippen molar-refractivity contribution in [3.63, 3.8) is 0 Å². The molecule has 2 heteroatoms. The van der Waals surface area contributed by atoms with Crippen molar-refractivity contribution in [3.05, 3.63) is 48.0 Å². The minimum Gasteiger partial charge on any atom is -0.303 e. The van der Waals surface area contributed by atoms with Gasteiger partial charge in [0.25, 0.3) is 0 Å². The van der Waals surface area contributed by atoms with Crippen LogP contribution in [0.4, 0.5) is 0 Å². The maximum Gasteiger partial charge on any atom is 0.0994 e. The van der Waals surface area contributed by atoms with Crippen LogP contribution in [0.25, 0.3) is 5.69 Å². The molecule has 2 aromatic rings. The fourth-order valence-corrected chi connectivity index (χ4v) is 2.14. The number of para-hydroxylation sites is 1. The Morgan fingerprint density at radius 2 is 2.07 bits per heavy atom. The summed E-state index contributed by atoms with van der Waals surface area (Å²) >= 11 is 0. The Morgan fingerprint density at radius 3 is 3.07 bits per heavy atom. The molecule has 1 aromatic heterocycles. The minimum absolute atomic E-state index is 1.13. The van der Waals surface area contributed by atoms with Gasteiger partial charge in [0, 0.05) is 17.6 Å². The Bertz CT molecular complexity index is 457. The van der Waals surface area contributed by atoms with E-state index in [9.17, 15) is 0 Å². The number of benzene rings is 1. The number of nitrogens with zero attached hydrogens (tertiary/aromatic N) is 2. The maximum atomic E-state index is 4.21. The molecule has 1 aliphatic heterocycles. The molecule has 3 rings (SSSR count). The van der Waals surface area contributed by atoms with Crippen molar-refractivity contribution in [2.75, 3.05) is 0 Å². The molecule has 0 fully saturated rings. The van der Waals surface area contributed by atoms with E-state index in [0.29, 0.717) is 0 Å². The van der Waals surface area contributed by atoms with Crippen molar-refractivity contribution in [2.24, 2.45) is 0 Å². The van der Waals surface area contributed by atoms with Gasteiger partial charge >= 0.3 is 0 Å². The summed E-state index contributed by atoms with van der Waals surface area (Å²) in [5.74, 6) is 0. The molecule has 0 saturated carbocycles. The Hall–Kier alpha value is -1.57. The lowest BCUT2D eigenvalue weighted by atomic mass is 10.1. The SMILES string of the molecule is c1ccc2c(c1)CCCc1cncn1-2. The van der Waals surface area contributed by atoms with Crippen molar-refractivity contribution in [2.45, 2.75) is 19.3 Å². The largest absolute Gasteiger partial charge is 0.303 e. The van der Waals surface area contributed by atoms with E-state index in [1.54, 1.807) is 0 Å². The molecule has 1 aromatic carbocycles. The molecule has 0 amide bonds. The van der Waals surface area contributed by atoms with E-state index >= 15 is 0 Å². The van der Waals surface area contributed by atoms with Crippen molar-refractivity contribution < 1.29 is 0 Å². The van der Waals surface area contributed by atoms with Crippen LogP contribution in [0.5, 0.6) is 0 Å². The molecule has 0 saturated heterocycles. The smallest absolute Gasteiger partial charge is 0.0994 e. The van der Waals surface area contributed by atoms with Crippen LogP contribution in [0.2, 0.25) is 0 Å². The Labute approximate surface area is 83.2 Å². The van der Waals surface area contributed by atoms with Crippen LogP contribution in [-0.2, 0) is 12.8 Å². The van der Waals surface area contributed by atoms with Gasteiger partial charge in [-0.25, -0.2) is 4.98 Å². The zero-order valence-corrected chi connectivity index (χ0v) is 7.98. The third-order valence-corrected chi connectivity index (χ3v) is 2.85. The van der Waals surface area contributed by atoms with E-state index in [-0.39, 0.29) is 0 Å². The van der Waals surface area contributed by atoms with Gasteiger partial charge < -0.3 is 4.57 Å². The molecule has 0 aliphatic carbocycles. The fraction of sp³-hybridized carbons (Fsp3) is 0.250. The normalized spacial score (nSPS) is 14.3. The molecule has 0 N–H and O–H groups in total. The lowest BCUT2D eigenvalue weighted by molar-refractivity contribution is 0.816. The van der Waals surface area contributed by atoms with E-state index < -0.39 is 0 Å². The van der Waals surface area contributed by atoms with Crippen LogP contribution in [0.1, 0.15) is 17.7 Å². The maximum absolute atomic E-state index is 4.21. The van der Waals surface area contributed by atoms with Gasteiger partial charge in [-0.05, 0) is 30.9 Å². The van der Waals surface area contributed by atoms with E-state index in [1.165, 1.54) is 29.8 Å². The van der Waals surface area contributed by atoms with Crippen LogP contribution in [0.3, 0.4) is 0 Å². The van der Waals surface area contributed by atoms with Gasteiger partial charge in [-0.2, -0.15) is 0 Å². The molecule has 14 heavy (non-hydrogen) atoms. The summed E-state index contributed by atoms with van der Waals surface area (Å²) in [6, 6.07) is 8.59. The van der Waals surface area contributed by atoms with Crippen LogP contribution in [0.15, 0.2) is 36.8 Å². The van der Waals surface area contributed by atoms with E-state index in [2.05, 4.69) is 33.8 Å². The molecular formula is C12H12N2. The third kappa shape index (κ3) is 1.07. The number of rotatable bonds is 0. The van der Waals surface area contributed by atoms with Crippen LogP contribution in [-0.4, -0.2) is 9.55 Å². The van der Waals surface area contributed by atoms with Crippen LogP contribution in [0, 0.1) is 0 Å². The number of hydrogen-bond donors (Lipinski definition) is 0. The first kappa shape index (κ1) is 7.80. The summed E-state index contributed by atoms with van der Waals surface area (Å²) in [5.41, 5.74) is 4.07. The first-order valence-electron chi connectivity index (χ1n) is 5.04. The fourth-order valence-electron chi connectivity index (χ4n) is 2.14. The highest BCUT2D eigenvalue weighted by Gasteiger charge is 2.12. The van der Waals surface area contributed by atoms with E-state index in [4.69, 9.17) is 0 Å². The van der Waals surface area contributed by atoms with Crippen molar-refractivity contribution in [1.82, 2.24) is 9.55 Å². The second-order valence-electron chi connectivity index (χ2n) is 3.74. The molecule has 70 valence electrons. The quantitative estimate of drug-likeness (QED) is 0.614. The van der Waals surface area contributed by atoms with Crippen LogP contribution >= 0.6 is 0 Å². The molecule has 0 atom stereocenters. The monoisotopic (exact) mass is 184 g/mol. The molecular weight excluding hydrogens is 172 g/mol. The summed E-state index contributed by atoms with van der Waals surface area (Å²) < 4.78 is 2.21. The highest BCUT2D eigenvalue weighted by molar-refractivity contribution is 5.43. The van der Waals surface area contributed by atoms with Gasteiger partial charge in [-0.15, -0.1) is 0 Å². The second-order valence-corrected chi connectivity index (χ2v) is 3.74. The first-order valence-corrected chi connectivity index (χ1v) is 5.04. The number of aryl methyl sites for hydroxylation is 2. The number of hydrogen-bond acceptors (Lipinski definition) is 1. The second kappa shape index (κ2) is 2.98. The third-order valence-electron chi connectivity index (χ3n) is 2.85. The van der Waals surface area contributed by atoms with Crippen molar-refractivity contribution >= 4 is 0 Å². The molecule has 0 bridgehead atoms. The van der Waals surface area contributed by atoms with E-state index in [0.717, 1.165) is 6.42 Å². The molecule has 1 aliphatic rings. The Balaban J connectivity index is 2.27. The lowest BCUT2D eigenvalue weighted by Gasteiger charge is -2.07. The highest BCUT2D eigenvalue weighted by atomic mass is 15.1. The number of fused-ring (bicyclic) bond motifs is 3. The van der Waals surface area contributed by atoms with E-state index in [1.807, 2.05) is 12.5 Å². The zero-order chi connectivity index (χ0) is 9.38.